The second kappa shape index (κ2) is 7.22. The molecule has 118 valence electrons. The fourth-order valence-corrected chi connectivity index (χ4v) is 1.87. The van der Waals surface area contributed by atoms with Crippen LogP contribution in [0.4, 0.5) is 5.69 Å². The number of hydrogen-bond donors (Lipinski definition) is 0. The van der Waals surface area contributed by atoms with Gasteiger partial charge in [-0.25, -0.2) is 4.79 Å². The van der Waals surface area contributed by atoms with E-state index in [-0.39, 0.29) is 17.9 Å². The smallest absolute Gasteiger partial charge is 0.338 e. The van der Waals surface area contributed by atoms with Gasteiger partial charge < -0.3 is 9.47 Å². The molecule has 0 radical (unpaired) electrons. The van der Waals surface area contributed by atoms with Gasteiger partial charge in [-0.2, -0.15) is 0 Å². The number of nitrogens with zero attached hydrogens (tertiary/aromatic N) is 1. The number of rotatable bonds is 6. The Balaban J connectivity index is 1.94. The van der Waals surface area contributed by atoms with Crippen molar-refractivity contribution in [3.63, 3.8) is 0 Å². The largest absolute Gasteiger partial charge is 0.497 e. The lowest BCUT2D eigenvalue weighted by molar-refractivity contribution is -0.384. The summed E-state index contributed by atoms with van der Waals surface area (Å²) in [5.74, 6) is 0.166. The van der Waals surface area contributed by atoms with Gasteiger partial charge in [0.25, 0.3) is 5.69 Å². The van der Waals surface area contributed by atoms with Crippen molar-refractivity contribution in [1.29, 1.82) is 0 Å². The number of esters is 1. The summed E-state index contributed by atoms with van der Waals surface area (Å²) < 4.78 is 10.2. The first-order valence-electron chi connectivity index (χ1n) is 6.75. The summed E-state index contributed by atoms with van der Waals surface area (Å²) in [5.41, 5.74) is 1.65. The Morgan fingerprint density at radius 1 is 1.09 bits per heavy atom. The summed E-state index contributed by atoms with van der Waals surface area (Å²) in [6, 6.07) is 12.5. The summed E-state index contributed by atoms with van der Waals surface area (Å²) in [7, 11) is 1.58. The SMILES string of the molecule is C=C(COC(=O)c1ccc([N+](=O)[O-])cc1)c1ccc(OC)cc1. The zero-order valence-electron chi connectivity index (χ0n) is 12.5. The third-order valence-corrected chi connectivity index (χ3v) is 3.19. The number of carbonyl (C=O) groups is 1. The molecule has 2 aromatic rings. The average molecular weight is 313 g/mol. The molecule has 0 saturated heterocycles. The molecule has 6 heteroatoms. The summed E-state index contributed by atoms with van der Waals surface area (Å²) in [6.07, 6.45) is 0. The predicted molar refractivity (Wildman–Crippen MR) is 85.4 cm³/mol. The van der Waals surface area contributed by atoms with Crippen LogP contribution in [0.25, 0.3) is 5.57 Å². The molecular weight excluding hydrogens is 298 g/mol. The van der Waals surface area contributed by atoms with Crippen LogP contribution in [0.5, 0.6) is 5.75 Å². The van der Waals surface area contributed by atoms with Crippen LogP contribution in [0.3, 0.4) is 0 Å². The van der Waals surface area contributed by atoms with Gasteiger partial charge >= 0.3 is 5.97 Å². The minimum Gasteiger partial charge on any atom is -0.497 e. The van der Waals surface area contributed by atoms with Crippen LogP contribution >= 0.6 is 0 Å². The quantitative estimate of drug-likeness (QED) is 0.463. The number of carbonyl (C=O) groups excluding carboxylic acids is 1. The van der Waals surface area contributed by atoms with Crippen molar-refractivity contribution >= 4 is 17.2 Å². The van der Waals surface area contributed by atoms with E-state index in [1.165, 1.54) is 24.3 Å². The fraction of sp³-hybridized carbons (Fsp3) is 0.118. The van der Waals surface area contributed by atoms with Gasteiger partial charge in [0.1, 0.15) is 12.4 Å². The highest BCUT2D eigenvalue weighted by Crippen LogP contribution is 2.18. The first-order chi connectivity index (χ1) is 11.0. The van der Waals surface area contributed by atoms with Crippen molar-refractivity contribution in [3.05, 3.63) is 76.4 Å². The Morgan fingerprint density at radius 2 is 1.65 bits per heavy atom. The van der Waals surface area contributed by atoms with E-state index in [0.29, 0.717) is 5.57 Å². The maximum absolute atomic E-state index is 11.9. The van der Waals surface area contributed by atoms with Crippen molar-refractivity contribution in [2.45, 2.75) is 0 Å². The fourth-order valence-electron chi connectivity index (χ4n) is 1.87. The first kappa shape index (κ1) is 16.2. The molecule has 0 atom stereocenters. The molecule has 0 N–H and O–H groups in total. The van der Waals surface area contributed by atoms with Crippen molar-refractivity contribution in [1.82, 2.24) is 0 Å². The Bertz CT molecular complexity index is 720. The third-order valence-electron chi connectivity index (χ3n) is 3.19. The van der Waals surface area contributed by atoms with E-state index >= 15 is 0 Å². The van der Waals surface area contributed by atoms with Gasteiger partial charge in [-0.15, -0.1) is 0 Å². The van der Waals surface area contributed by atoms with Crippen molar-refractivity contribution in [3.8, 4) is 5.75 Å². The van der Waals surface area contributed by atoms with Crippen LogP contribution in [-0.2, 0) is 4.74 Å². The van der Waals surface area contributed by atoms with Crippen LogP contribution in [0.1, 0.15) is 15.9 Å². The van der Waals surface area contributed by atoms with Crippen LogP contribution < -0.4 is 4.74 Å². The number of non-ortho nitro benzene ring substituents is 1. The topological polar surface area (TPSA) is 78.7 Å². The highest BCUT2D eigenvalue weighted by molar-refractivity contribution is 5.90. The van der Waals surface area contributed by atoms with Gasteiger partial charge in [-0.05, 0) is 35.4 Å². The maximum Gasteiger partial charge on any atom is 0.338 e. The number of nitro benzene ring substituents is 1. The molecule has 0 aliphatic rings. The van der Waals surface area contributed by atoms with E-state index in [4.69, 9.17) is 9.47 Å². The van der Waals surface area contributed by atoms with E-state index < -0.39 is 10.9 Å². The highest BCUT2D eigenvalue weighted by Gasteiger charge is 2.11. The van der Waals surface area contributed by atoms with Crippen molar-refractivity contribution in [2.24, 2.45) is 0 Å². The normalized spacial score (nSPS) is 9.96. The van der Waals surface area contributed by atoms with E-state index in [1.54, 1.807) is 19.2 Å². The monoisotopic (exact) mass is 313 g/mol. The molecule has 2 aromatic carbocycles. The molecular formula is C17H15NO5. The molecule has 0 aromatic heterocycles. The zero-order chi connectivity index (χ0) is 16.8. The van der Waals surface area contributed by atoms with E-state index in [2.05, 4.69) is 6.58 Å². The Hall–Kier alpha value is -3.15. The average Bonchev–Trinajstić information content (AvgIpc) is 2.59. The predicted octanol–water partition coefficient (Wildman–Crippen LogP) is 3.47. The Morgan fingerprint density at radius 3 is 2.17 bits per heavy atom. The molecule has 0 heterocycles. The van der Waals surface area contributed by atoms with E-state index in [1.807, 2.05) is 12.1 Å². The van der Waals surface area contributed by atoms with Gasteiger partial charge in [-0.1, -0.05) is 18.7 Å². The summed E-state index contributed by atoms with van der Waals surface area (Å²) in [6.45, 7) is 3.91. The van der Waals surface area contributed by atoms with Gasteiger partial charge in [0.15, 0.2) is 0 Å². The molecule has 0 aliphatic heterocycles. The molecule has 6 nitrogen and oxygen atoms in total. The first-order valence-corrected chi connectivity index (χ1v) is 6.75. The standard InChI is InChI=1S/C17H15NO5/c1-12(13-5-9-16(22-2)10-6-13)11-23-17(19)14-3-7-15(8-4-14)18(20)21/h3-10H,1,11H2,2H3. The maximum atomic E-state index is 11.9. The second-order valence-electron chi connectivity index (χ2n) is 4.71. The number of benzene rings is 2. The number of ether oxygens (including phenoxy) is 2. The van der Waals surface area contributed by atoms with E-state index in [0.717, 1.165) is 11.3 Å². The van der Waals surface area contributed by atoms with Gasteiger partial charge in [0.05, 0.1) is 17.6 Å². The molecule has 0 aliphatic carbocycles. The Kier molecular flexibility index (Phi) is 5.09. The third kappa shape index (κ3) is 4.16. The molecule has 0 saturated carbocycles. The lowest BCUT2D eigenvalue weighted by atomic mass is 10.1. The minimum atomic E-state index is -0.561. The van der Waals surface area contributed by atoms with Gasteiger partial charge in [-0.3, -0.25) is 10.1 Å². The number of methoxy groups -OCH3 is 1. The summed E-state index contributed by atoms with van der Waals surface area (Å²) in [5, 5.41) is 10.6. The molecule has 0 fully saturated rings. The van der Waals surface area contributed by atoms with Crippen LogP contribution in [0, 0.1) is 10.1 Å². The zero-order valence-corrected chi connectivity index (χ0v) is 12.5. The van der Waals surface area contributed by atoms with Crippen LogP contribution in [0.2, 0.25) is 0 Å². The highest BCUT2D eigenvalue weighted by atomic mass is 16.6. The molecule has 0 bridgehead atoms. The summed E-state index contributed by atoms with van der Waals surface area (Å²) in [4.78, 5) is 22.0. The molecule has 2 rings (SSSR count). The molecule has 0 amide bonds. The van der Waals surface area contributed by atoms with Crippen LogP contribution in [0.15, 0.2) is 55.1 Å². The summed E-state index contributed by atoms with van der Waals surface area (Å²) >= 11 is 0. The Labute approximate surface area is 133 Å². The van der Waals surface area contributed by atoms with Crippen molar-refractivity contribution in [2.75, 3.05) is 13.7 Å². The second-order valence-corrected chi connectivity index (χ2v) is 4.71. The molecule has 0 unspecified atom stereocenters. The van der Waals surface area contributed by atoms with Gasteiger partial charge in [0, 0.05) is 12.1 Å². The molecule has 0 spiro atoms. The van der Waals surface area contributed by atoms with Gasteiger partial charge in [0.2, 0.25) is 0 Å². The minimum absolute atomic E-state index is 0.0299. The molecule has 23 heavy (non-hydrogen) atoms. The van der Waals surface area contributed by atoms with E-state index in [9.17, 15) is 14.9 Å². The van der Waals surface area contributed by atoms with Crippen LogP contribution in [-0.4, -0.2) is 24.6 Å². The lowest BCUT2D eigenvalue weighted by Gasteiger charge is -2.08. The van der Waals surface area contributed by atoms with Crippen molar-refractivity contribution < 1.29 is 19.2 Å². The number of nitro groups is 1. The lowest BCUT2D eigenvalue weighted by Crippen LogP contribution is -2.07. The number of hydrogen-bond acceptors (Lipinski definition) is 5.